The number of benzene rings is 1. The van der Waals surface area contributed by atoms with Crippen LogP contribution in [0.1, 0.15) is 31.9 Å². The molecule has 0 aliphatic heterocycles. The molecule has 0 aliphatic carbocycles. The third-order valence-corrected chi connectivity index (χ3v) is 3.32. The maximum Gasteiger partial charge on any atom is 0.115 e. The fourth-order valence-corrected chi connectivity index (χ4v) is 1.86. The molecule has 15 heavy (non-hydrogen) atoms. The Morgan fingerprint density at radius 3 is 2.60 bits per heavy atom. The SMILES string of the molecule is CCC(C)[C@H](N)c1cc(O)ccc1Br.Cl. The summed E-state index contributed by atoms with van der Waals surface area (Å²) in [5.74, 6) is 0.676. The summed E-state index contributed by atoms with van der Waals surface area (Å²) in [4.78, 5) is 0. The number of phenolic OH excluding ortho intramolecular Hbond substituents is 1. The van der Waals surface area contributed by atoms with Gasteiger partial charge in [-0.3, -0.25) is 0 Å². The van der Waals surface area contributed by atoms with Crippen LogP contribution in [0.25, 0.3) is 0 Å². The first-order valence-corrected chi connectivity index (χ1v) is 5.59. The van der Waals surface area contributed by atoms with E-state index in [0.717, 1.165) is 16.5 Å². The molecule has 0 aromatic heterocycles. The molecule has 4 heteroatoms. The lowest BCUT2D eigenvalue weighted by Gasteiger charge is -2.20. The van der Waals surface area contributed by atoms with Crippen molar-refractivity contribution < 1.29 is 5.11 Å². The molecule has 1 aromatic carbocycles. The molecule has 0 saturated carbocycles. The van der Waals surface area contributed by atoms with Crippen LogP contribution < -0.4 is 5.73 Å². The van der Waals surface area contributed by atoms with Gasteiger partial charge in [0.1, 0.15) is 5.75 Å². The summed E-state index contributed by atoms with van der Waals surface area (Å²) in [6.07, 6.45) is 1.03. The Bertz CT molecular complexity index is 319. The topological polar surface area (TPSA) is 46.2 Å². The van der Waals surface area contributed by atoms with E-state index < -0.39 is 0 Å². The van der Waals surface area contributed by atoms with Crippen LogP contribution in [-0.4, -0.2) is 5.11 Å². The van der Waals surface area contributed by atoms with E-state index in [-0.39, 0.29) is 24.2 Å². The Morgan fingerprint density at radius 2 is 2.07 bits per heavy atom. The molecule has 1 aromatic rings. The average molecular weight is 295 g/mol. The van der Waals surface area contributed by atoms with Gasteiger partial charge in [-0.2, -0.15) is 0 Å². The van der Waals surface area contributed by atoms with Crippen LogP contribution in [0.15, 0.2) is 22.7 Å². The zero-order valence-electron chi connectivity index (χ0n) is 8.90. The van der Waals surface area contributed by atoms with Crippen LogP contribution in [-0.2, 0) is 0 Å². The number of rotatable bonds is 3. The summed E-state index contributed by atoms with van der Waals surface area (Å²) in [5, 5.41) is 9.36. The monoisotopic (exact) mass is 293 g/mol. The van der Waals surface area contributed by atoms with Crippen LogP contribution in [0.2, 0.25) is 0 Å². The molecule has 0 heterocycles. The molecule has 86 valence electrons. The number of nitrogens with two attached hydrogens (primary N) is 1. The Balaban J connectivity index is 0.00000196. The zero-order valence-corrected chi connectivity index (χ0v) is 11.3. The van der Waals surface area contributed by atoms with Crippen molar-refractivity contribution in [1.82, 2.24) is 0 Å². The molecule has 0 bridgehead atoms. The van der Waals surface area contributed by atoms with Crippen molar-refractivity contribution in [2.45, 2.75) is 26.3 Å². The van der Waals surface area contributed by atoms with Gasteiger partial charge in [0, 0.05) is 10.5 Å². The fourth-order valence-electron chi connectivity index (χ4n) is 1.35. The quantitative estimate of drug-likeness (QED) is 0.894. The van der Waals surface area contributed by atoms with Gasteiger partial charge >= 0.3 is 0 Å². The minimum atomic E-state index is -0.0264. The van der Waals surface area contributed by atoms with Crippen molar-refractivity contribution in [2.75, 3.05) is 0 Å². The average Bonchev–Trinajstić information content (AvgIpc) is 2.19. The van der Waals surface area contributed by atoms with Crippen LogP contribution in [0.5, 0.6) is 5.75 Å². The van der Waals surface area contributed by atoms with E-state index in [2.05, 4.69) is 29.8 Å². The lowest BCUT2D eigenvalue weighted by atomic mass is 9.93. The predicted octanol–water partition coefficient (Wildman–Crippen LogP) is 3.62. The summed E-state index contributed by atoms with van der Waals surface area (Å²) < 4.78 is 0.961. The lowest BCUT2D eigenvalue weighted by molar-refractivity contribution is 0.446. The highest BCUT2D eigenvalue weighted by molar-refractivity contribution is 9.10. The number of phenols is 1. The normalized spacial score (nSPS) is 14.1. The van der Waals surface area contributed by atoms with Gasteiger partial charge in [-0.1, -0.05) is 36.2 Å². The van der Waals surface area contributed by atoms with Crippen molar-refractivity contribution in [3.8, 4) is 5.75 Å². The summed E-state index contributed by atoms with van der Waals surface area (Å²) in [7, 11) is 0. The van der Waals surface area contributed by atoms with Gasteiger partial charge in [0.2, 0.25) is 0 Å². The van der Waals surface area contributed by atoms with Gasteiger partial charge < -0.3 is 10.8 Å². The second-order valence-corrected chi connectivity index (χ2v) is 4.47. The highest BCUT2D eigenvalue weighted by Gasteiger charge is 2.16. The van der Waals surface area contributed by atoms with Gasteiger partial charge in [-0.05, 0) is 29.7 Å². The third-order valence-electron chi connectivity index (χ3n) is 2.60. The van der Waals surface area contributed by atoms with Gasteiger partial charge in [0.25, 0.3) is 0 Å². The van der Waals surface area contributed by atoms with Crippen molar-refractivity contribution in [3.63, 3.8) is 0 Å². The Morgan fingerprint density at radius 1 is 1.47 bits per heavy atom. The number of aromatic hydroxyl groups is 1. The molecule has 2 atom stereocenters. The smallest absolute Gasteiger partial charge is 0.115 e. The fraction of sp³-hybridized carbons (Fsp3) is 0.455. The molecule has 0 amide bonds. The minimum absolute atomic E-state index is 0. The summed E-state index contributed by atoms with van der Waals surface area (Å²) in [5.41, 5.74) is 7.05. The molecule has 0 radical (unpaired) electrons. The number of halogens is 2. The first kappa shape index (κ1) is 14.8. The molecule has 0 aliphatic rings. The van der Waals surface area contributed by atoms with Crippen LogP contribution in [0, 0.1) is 5.92 Å². The number of hydrogen-bond acceptors (Lipinski definition) is 2. The highest BCUT2D eigenvalue weighted by Crippen LogP contribution is 2.30. The largest absolute Gasteiger partial charge is 0.508 e. The van der Waals surface area contributed by atoms with E-state index in [4.69, 9.17) is 5.73 Å². The maximum atomic E-state index is 9.36. The van der Waals surface area contributed by atoms with Crippen LogP contribution >= 0.6 is 28.3 Å². The van der Waals surface area contributed by atoms with E-state index in [1.54, 1.807) is 12.1 Å². The Labute approximate surface area is 105 Å². The molecule has 1 unspecified atom stereocenters. The minimum Gasteiger partial charge on any atom is -0.508 e. The predicted molar refractivity (Wildman–Crippen MR) is 69.4 cm³/mol. The summed E-state index contributed by atoms with van der Waals surface area (Å²) >= 11 is 3.44. The molecule has 1 rings (SSSR count). The van der Waals surface area contributed by atoms with E-state index in [1.165, 1.54) is 0 Å². The molecule has 3 N–H and O–H groups in total. The van der Waals surface area contributed by atoms with E-state index in [9.17, 15) is 5.11 Å². The molecule has 0 fully saturated rings. The Kier molecular flexibility index (Phi) is 6.25. The van der Waals surface area contributed by atoms with Crippen LogP contribution in [0.4, 0.5) is 0 Å². The number of hydrogen-bond donors (Lipinski definition) is 2. The van der Waals surface area contributed by atoms with Crippen LogP contribution in [0.3, 0.4) is 0 Å². The van der Waals surface area contributed by atoms with E-state index in [1.807, 2.05) is 6.07 Å². The standard InChI is InChI=1S/C11H16BrNO.ClH/c1-3-7(2)11(13)9-6-8(14)4-5-10(9)12;/h4-7,11,14H,3,13H2,1-2H3;1H/t7?,11-;/m0./s1. The van der Waals surface area contributed by atoms with Gasteiger partial charge in [0.15, 0.2) is 0 Å². The second-order valence-electron chi connectivity index (χ2n) is 3.62. The summed E-state index contributed by atoms with van der Waals surface area (Å²) in [6, 6.07) is 5.17. The molecular weight excluding hydrogens is 277 g/mol. The van der Waals surface area contributed by atoms with Gasteiger partial charge in [-0.25, -0.2) is 0 Å². The second kappa shape index (κ2) is 6.36. The molecule has 0 spiro atoms. The maximum absolute atomic E-state index is 9.36. The van der Waals surface area contributed by atoms with Crippen molar-refractivity contribution >= 4 is 28.3 Å². The highest BCUT2D eigenvalue weighted by atomic mass is 79.9. The van der Waals surface area contributed by atoms with Crippen molar-refractivity contribution in [3.05, 3.63) is 28.2 Å². The van der Waals surface area contributed by atoms with Gasteiger partial charge in [0.05, 0.1) is 0 Å². The first-order chi connectivity index (χ1) is 6.56. The van der Waals surface area contributed by atoms with E-state index in [0.29, 0.717) is 5.92 Å². The van der Waals surface area contributed by atoms with Crippen molar-refractivity contribution in [1.29, 1.82) is 0 Å². The zero-order chi connectivity index (χ0) is 10.7. The lowest BCUT2D eigenvalue weighted by Crippen LogP contribution is -2.18. The molecule has 2 nitrogen and oxygen atoms in total. The third kappa shape index (κ3) is 3.67. The van der Waals surface area contributed by atoms with E-state index >= 15 is 0 Å². The van der Waals surface area contributed by atoms with Gasteiger partial charge in [-0.15, -0.1) is 12.4 Å². The van der Waals surface area contributed by atoms with Crippen molar-refractivity contribution in [2.24, 2.45) is 11.7 Å². The summed E-state index contributed by atoms with van der Waals surface area (Å²) in [6.45, 7) is 4.22. The molecule has 0 saturated heterocycles. The first-order valence-electron chi connectivity index (χ1n) is 4.80. The Hall–Kier alpha value is -0.250. The molecular formula is C11H17BrClNO.